The fraction of sp³-hybridized carbons (Fsp3) is 0.364. The molecule has 0 aliphatic heterocycles. The predicted molar refractivity (Wildman–Crippen MR) is 68.5 cm³/mol. The predicted octanol–water partition coefficient (Wildman–Crippen LogP) is 1.63. The molecule has 17 heavy (non-hydrogen) atoms. The van der Waals surface area contributed by atoms with Crippen molar-refractivity contribution in [2.45, 2.75) is 20.4 Å². The first kappa shape index (κ1) is 11.8. The molecule has 0 saturated carbocycles. The van der Waals surface area contributed by atoms with E-state index < -0.39 is 0 Å². The van der Waals surface area contributed by atoms with E-state index >= 15 is 0 Å². The summed E-state index contributed by atoms with van der Waals surface area (Å²) in [5.41, 5.74) is 1.41. The molecule has 90 valence electrons. The average Bonchev–Trinajstić information content (AvgIpc) is 2.67. The third kappa shape index (κ3) is 1.84. The lowest BCUT2D eigenvalue weighted by Crippen LogP contribution is -2.21. The van der Waals surface area contributed by atoms with Gasteiger partial charge in [0.15, 0.2) is 10.6 Å². The van der Waals surface area contributed by atoms with E-state index in [-0.39, 0.29) is 5.56 Å². The smallest absolute Gasteiger partial charge is 0.261 e. The van der Waals surface area contributed by atoms with E-state index in [1.54, 1.807) is 22.2 Å². The van der Waals surface area contributed by atoms with Gasteiger partial charge >= 0.3 is 0 Å². The van der Waals surface area contributed by atoms with E-state index in [0.717, 1.165) is 5.69 Å². The summed E-state index contributed by atoms with van der Waals surface area (Å²) >= 11 is 5.11. The van der Waals surface area contributed by atoms with Gasteiger partial charge in [-0.05, 0) is 38.2 Å². The molecule has 0 saturated heterocycles. The summed E-state index contributed by atoms with van der Waals surface area (Å²) in [4.78, 5) is 12.1. The minimum atomic E-state index is -0.0614. The van der Waals surface area contributed by atoms with Crippen LogP contribution in [0.25, 0.3) is 11.4 Å². The highest BCUT2D eigenvalue weighted by Crippen LogP contribution is 2.13. The second-order valence-corrected chi connectivity index (χ2v) is 4.24. The Labute approximate surface area is 104 Å². The van der Waals surface area contributed by atoms with Crippen LogP contribution in [0.1, 0.15) is 12.6 Å². The highest BCUT2D eigenvalue weighted by molar-refractivity contribution is 7.71. The minimum Gasteiger partial charge on any atom is -0.315 e. The molecule has 0 unspecified atom stereocenters. The fourth-order valence-corrected chi connectivity index (χ4v) is 1.98. The summed E-state index contributed by atoms with van der Waals surface area (Å²) in [5, 5.41) is 6.84. The Bertz CT molecular complexity index is 665. The van der Waals surface area contributed by atoms with Crippen LogP contribution < -0.4 is 5.56 Å². The number of aryl methyl sites for hydroxylation is 1. The Balaban J connectivity index is 2.74. The normalized spacial score (nSPS) is 10.8. The Morgan fingerprint density at radius 1 is 1.47 bits per heavy atom. The fourth-order valence-electron chi connectivity index (χ4n) is 1.71. The molecule has 1 N–H and O–H groups in total. The number of aromatic amines is 1. The van der Waals surface area contributed by atoms with E-state index in [1.165, 1.54) is 0 Å². The summed E-state index contributed by atoms with van der Waals surface area (Å²) in [6, 6.07) is 3.68. The molecule has 5 nitrogen and oxygen atoms in total. The Hall–Kier alpha value is -1.69. The number of pyridine rings is 1. The number of hydrogen-bond acceptors (Lipinski definition) is 3. The summed E-state index contributed by atoms with van der Waals surface area (Å²) in [5.74, 6) is 0.595. The number of nitrogens with one attached hydrogen (secondary N) is 1. The van der Waals surface area contributed by atoms with Crippen molar-refractivity contribution in [1.82, 2.24) is 19.3 Å². The van der Waals surface area contributed by atoms with Crippen molar-refractivity contribution < 1.29 is 0 Å². The molecule has 2 heterocycles. The van der Waals surface area contributed by atoms with Gasteiger partial charge in [-0.15, -0.1) is 0 Å². The van der Waals surface area contributed by atoms with Crippen LogP contribution in [0.5, 0.6) is 0 Å². The Morgan fingerprint density at radius 3 is 2.82 bits per heavy atom. The van der Waals surface area contributed by atoms with E-state index in [0.29, 0.717) is 22.7 Å². The maximum absolute atomic E-state index is 12.1. The molecule has 2 aromatic heterocycles. The second-order valence-electron chi connectivity index (χ2n) is 3.85. The molecule has 0 spiro atoms. The molecule has 0 aliphatic rings. The van der Waals surface area contributed by atoms with Gasteiger partial charge < -0.3 is 9.13 Å². The first-order valence-corrected chi connectivity index (χ1v) is 5.79. The molecule has 6 heteroatoms. The molecule has 0 radical (unpaired) electrons. The maximum atomic E-state index is 12.1. The van der Waals surface area contributed by atoms with E-state index in [4.69, 9.17) is 12.2 Å². The number of aromatic nitrogens is 4. The molecular formula is C11H14N4OS. The van der Waals surface area contributed by atoms with Crippen LogP contribution in [0.2, 0.25) is 0 Å². The van der Waals surface area contributed by atoms with Gasteiger partial charge in [0, 0.05) is 19.3 Å². The molecule has 2 aromatic rings. The van der Waals surface area contributed by atoms with Gasteiger partial charge in [-0.2, -0.15) is 5.10 Å². The van der Waals surface area contributed by atoms with Crippen molar-refractivity contribution in [3.8, 4) is 11.4 Å². The second kappa shape index (κ2) is 4.29. The van der Waals surface area contributed by atoms with Crippen molar-refractivity contribution in [2.75, 3.05) is 0 Å². The molecule has 0 aromatic carbocycles. The third-order valence-electron chi connectivity index (χ3n) is 2.87. The topological polar surface area (TPSA) is 55.6 Å². The zero-order valence-electron chi connectivity index (χ0n) is 10.0. The third-order valence-corrected chi connectivity index (χ3v) is 3.18. The van der Waals surface area contributed by atoms with Crippen molar-refractivity contribution in [2.24, 2.45) is 7.05 Å². The van der Waals surface area contributed by atoms with Gasteiger partial charge in [-0.25, -0.2) is 0 Å². The summed E-state index contributed by atoms with van der Waals surface area (Å²) in [7, 11) is 1.75. The first-order valence-electron chi connectivity index (χ1n) is 5.38. The van der Waals surface area contributed by atoms with Crippen molar-refractivity contribution >= 4 is 12.2 Å². The molecule has 0 fully saturated rings. The summed E-state index contributed by atoms with van der Waals surface area (Å²) in [6.07, 6.45) is 0. The van der Waals surface area contributed by atoms with Crippen LogP contribution in [0, 0.1) is 11.7 Å². The lowest BCUT2D eigenvalue weighted by atomic mass is 10.2. The number of nitrogens with zero attached hydrogens (tertiary/aromatic N) is 3. The molecule has 0 aliphatic carbocycles. The molecule has 0 bridgehead atoms. The van der Waals surface area contributed by atoms with Gasteiger partial charge in [0.05, 0.1) is 5.56 Å². The van der Waals surface area contributed by atoms with Gasteiger partial charge in [0.25, 0.3) is 5.56 Å². The summed E-state index contributed by atoms with van der Waals surface area (Å²) < 4.78 is 3.94. The van der Waals surface area contributed by atoms with Gasteiger partial charge in [-0.3, -0.25) is 9.89 Å². The summed E-state index contributed by atoms with van der Waals surface area (Å²) in [6.45, 7) is 4.54. The Kier molecular flexibility index (Phi) is 2.97. The van der Waals surface area contributed by atoms with Gasteiger partial charge in [0.1, 0.15) is 0 Å². The zero-order valence-corrected chi connectivity index (χ0v) is 10.8. The molecule has 0 atom stereocenters. The molecular weight excluding hydrogens is 236 g/mol. The monoisotopic (exact) mass is 250 g/mol. The van der Waals surface area contributed by atoms with Crippen LogP contribution >= 0.6 is 12.2 Å². The standard InChI is InChI=1S/C11H14N4OS/c1-4-15-9(12-13-11(15)17)8-6-5-7(2)14(3)10(8)16/h5-6H,4H2,1-3H3,(H,13,17). The largest absolute Gasteiger partial charge is 0.315 e. The molecule has 2 rings (SSSR count). The lowest BCUT2D eigenvalue weighted by Gasteiger charge is -2.07. The number of hydrogen-bond donors (Lipinski definition) is 1. The van der Waals surface area contributed by atoms with Crippen molar-refractivity contribution in [3.63, 3.8) is 0 Å². The van der Waals surface area contributed by atoms with Crippen LogP contribution in [0.4, 0.5) is 0 Å². The minimum absolute atomic E-state index is 0.0614. The number of H-pyrrole nitrogens is 1. The van der Waals surface area contributed by atoms with Gasteiger partial charge in [0.2, 0.25) is 0 Å². The lowest BCUT2D eigenvalue weighted by molar-refractivity contribution is 0.750. The zero-order chi connectivity index (χ0) is 12.6. The van der Waals surface area contributed by atoms with E-state index in [2.05, 4.69) is 10.2 Å². The molecule has 0 amide bonds. The maximum Gasteiger partial charge on any atom is 0.261 e. The van der Waals surface area contributed by atoms with Crippen LogP contribution in [0.3, 0.4) is 0 Å². The van der Waals surface area contributed by atoms with E-state index in [9.17, 15) is 4.79 Å². The first-order chi connectivity index (χ1) is 8.06. The quantitative estimate of drug-likeness (QED) is 0.824. The van der Waals surface area contributed by atoms with E-state index in [1.807, 2.05) is 19.9 Å². The number of rotatable bonds is 2. The van der Waals surface area contributed by atoms with Crippen LogP contribution in [-0.4, -0.2) is 19.3 Å². The van der Waals surface area contributed by atoms with Crippen molar-refractivity contribution in [3.05, 3.63) is 33.0 Å². The van der Waals surface area contributed by atoms with Crippen LogP contribution in [-0.2, 0) is 13.6 Å². The van der Waals surface area contributed by atoms with Gasteiger partial charge in [-0.1, -0.05) is 0 Å². The SMILES string of the molecule is CCn1c(-c2ccc(C)n(C)c2=O)n[nH]c1=S. The highest BCUT2D eigenvalue weighted by atomic mass is 32.1. The highest BCUT2D eigenvalue weighted by Gasteiger charge is 2.12. The average molecular weight is 250 g/mol. The Morgan fingerprint density at radius 2 is 2.18 bits per heavy atom. The van der Waals surface area contributed by atoms with Crippen LogP contribution in [0.15, 0.2) is 16.9 Å². The van der Waals surface area contributed by atoms with Crippen molar-refractivity contribution in [1.29, 1.82) is 0 Å².